The third-order valence-corrected chi connectivity index (χ3v) is 11.2. The van der Waals surface area contributed by atoms with Gasteiger partial charge < -0.3 is 14.7 Å². The Labute approximate surface area is 304 Å². The number of nitrogens with zero attached hydrogens (tertiary/aromatic N) is 1. The van der Waals surface area contributed by atoms with Gasteiger partial charge in [-0.15, -0.1) is 11.3 Å². The van der Waals surface area contributed by atoms with E-state index in [9.17, 15) is 0 Å². The molecule has 5 heteroatoms. The summed E-state index contributed by atoms with van der Waals surface area (Å²) in [5.41, 5.74) is 14.0. The monoisotopic (exact) mass is 689 g/mol. The second-order valence-electron chi connectivity index (χ2n) is 13.1. The van der Waals surface area contributed by atoms with Crippen LogP contribution >= 0.6 is 11.3 Å². The number of aromatic nitrogens is 1. The molecule has 0 bridgehead atoms. The maximum Gasteiger partial charge on any atom is 0.138 e. The number of hydrogen-bond acceptors (Lipinski definition) is 4. The molecule has 0 aliphatic rings. The molecule has 0 radical (unpaired) electrons. The van der Waals surface area contributed by atoms with Crippen LogP contribution in [-0.2, 0) is 0 Å². The molecule has 0 unspecified atom stereocenters. The smallest absolute Gasteiger partial charge is 0.138 e. The van der Waals surface area contributed by atoms with E-state index in [-0.39, 0.29) is 0 Å². The highest BCUT2D eigenvalue weighted by atomic mass is 32.1. The predicted molar refractivity (Wildman–Crippen MR) is 225 cm³/mol. The Hall–Kier alpha value is -6.43. The first-order valence-electron chi connectivity index (χ1n) is 17.4. The summed E-state index contributed by atoms with van der Waals surface area (Å²) in [6.07, 6.45) is 6.31. The Morgan fingerprint density at radius 1 is 0.673 bits per heavy atom. The minimum Gasteiger partial charge on any atom is -0.456 e. The molecule has 52 heavy (non-hydrogen) atoms. The van der Waals surface area contributed by atoms with Crippen molar-refractivity contribution in [3.05, 3.63) is 161 Å². The van der Waals surface area contributed by atoms with Gasteiger partial charge in [-0.05, 0) is 90.2 Å². The molecule has 7 aromatic carbocycles. The topological polar surface area (TPSA) is 67.9 Å². The molecule has 0 fully saturated rings. The summed E-state index contributed by atoms with van der Waals surface area (Å²) in [6, 6.07) is 44.3. The summed E-state index contributed by atoms with van der Waals surface area (Å²) in [7, 11) is 0. The summed E-state index contributed by atoms with van der Waals surface area (Å²) in [4.78, 5) is 1.27. The van der Waals surface area contributed by atoms with Crippen LogP contribution < -0.4 is 11.1 Å². The zero-order valence-electron chi connectivity index (χ0n) is 28.9. The molecule has 0 amide bonds. The van der Waals surface area contributed by atoms with Gasteiger partial charge in [0.05, 0.1) is 21.8 Å². The van der Waals surface area contributed by atoms with E-state index in [0.29, 0.717) is 27.6 Å². The van der Waals surface area contributed by atoms with Gasteiger partial charge in [0.1, 0.15) is 11.2 Å². The molecule has 10 rings (SSSR count). The number of anilines is 1. The molecular formula is C47H35N3OS. The minimum atomic E-state index is 0.426. The Morgan fingerprint density at radius 3 is 2.15 bits per heavy atom. The van der Waals surface area contributed by atoms with Gasteiger partial charge in [-0.3, -0.25) is 5.41 Å². The van der Waals surface area contributed by atoms with Crippen molar-refractivity contribution in [2.45, 2.75) is 13.8 Å². The van der Waals surface area contributed by atoms with Gasteiger partial charge in [0.2, 0.25) is 0 Å². The number of fused-ring (bicyclic) bond motifs is 11. The van der Waals surface area contributed by atoms with Gasteiger partial charge in [0, 0.05) is 47.9 Å². The number of thiophene rings is 1. The van der Waals surface area contributed by atoms with E-state index in [2.05, 4.69) is 122 Å². The Balaban J connectivity index is 0.000000187. The highest BCUT2D eigenvalue weighted by molar-refractivity contribution is 7.21. The van der Waals surface area contributed by atoms with E-state index in [4.69, 9.17) is 15.6 Å². The largest absolute Gasteiger partial charge is 0.456 e. The van der Waals surface area contributed by atoms with Crippen molar-refractivity contribution in [1.82, 2.24) is 4.57 Å². The van der Waals surface area contributed by atoms with Gasteiger partial charge in [0.15, 0.2) is 0 Å². The van der Waals surface area contributed by atoms with Crippen LogP contribution in [0.15, 0.2) is 144 Å². The van der Waals surface area contributed by atoms with Gasteiger partial charge >= 0.3 is 0 Å². The second kappa shape index (κ2) is 12.4. The van der Waals surface area contributed by atoms with Crippen LogP contribution in [0.2, 0.25) is 0 Å². The molecule has 4 nitrogen and oxygen atoms in total. The van der Waals surface area contributed by atoms with E-state index in [1.54, 1.807) is 6.07 Å². The lowest BCUT2D eigenvalue weighted by atomic mass is 9.96. The van der Waals surface area contributed by atoms with Crippen LogP contribution in [0.25, 0.3) is 93.2 Å². The Bertz CT molecular complexity index is 3140. The first-order valence-corrected chi connectivity index (χ1v) is 18.2. The molecule has 0 aliphatic carbocycles. The van der Waals surface area contributed by atoms with Crippen LogP contribution in [-0.4, -0.2) is 4.57 Å². The molecule has 3 aromatic heterocycles. The number of nitrogen functional groups attached to an aromatic ring is 1. The van der Waals surface area contributed by atoms with E-state index in [0.717, 1.165) is 5.39 Å². The summed E-state index contributed by atoms with van der Waals surface area (Å²) in [5.74, 6) is 0. The number of rotatable bonds is 3. The number of hydrogen-bond donors (Lipinski definition) is 2. The molecule has 0 atom stereocenters. The van der Waals surface area contributed by atoms with Crippen molar-refractivity contribution in [1.29, 1.82) is 5.41 Å². The van der Waals surface area contributed by atoms with E-state index in [1.807, 2.05) is 53.8 Å². The fourth-order valence-corrected chi connectivity index (χ4v) is 9.00. The third-order valence-electron chi connectivity index (χ3n) is 10.0. The van der Waals surface area contributed by atoms with Crippen LogP contribution in [0.4, 0.5) is 5.69 Å². The van der Waals surface area contributed by atoms with Crippen molar-refractivity contribution in [3.8, 4) is 5.69 Å². The fraction of sp³-hybridized carbons (Fsp3) is 0.0426. The molecule has 0 spiro atoms. The molecular weight excluding hydrogens is 655 g/mol. The van der Waals surface area contributed by atoms with Crippen LogP contribution in [0.5, 0.6) is 0 Å². The molecule has 3 N–H and O–H groups in total. The second-order valence-corrected chi connectivity index (χ2v) is 14.2. The molecule has 0 aliphatic heterocycles. The van der Waals surface area contributed by atoms with Crippen molar-refractivity contribution in [2.24, 2.45) is 0 Å². The van der Waals surface area contributed by atoms with E-state index < -0.39 is 0 Å². The van der Waals surface area contributed by atoms with Crippen molar-refractivity contribution >= 4 is 105 Å². The van der Waals surface area contributed by atoms with Gasteiger partial charge in [-0.1, -0.05) is 103 Å². The van der Waals surface area contributed by atoms with Gasteiger partial charge in [-0.25, -0.2) is 0 Å². The van der Waals surface area contributed by atoms with Crippen LogP contribution in [0.1, 0.15) is 22.9 Å². The lowest BCUT2D eigenvalue weighted by Gasteiger charge is -2.10. The number of nitrogens with two attached hydrogens (primary N) is 1. The average Bonchev–Trinajstić information content (AvgIpc) is 3.70. The zero-order valence-corrected chi connectivity index (χ0v) is 29.7. The van der Waals surface area contributed by atoms with E-state index in [1.165, 1.54) is 75.1 Å². The van der Waals surface area contributed by atoms with Crippen LogP contribution in [0.3, 0.4) is 0 Å². The summed E-state index contributed by atoms with van der Waals surface area (Å²) >= 11 is 1.87. The highest BCUT2D eigenvalue weighted by Gasteiger charge is 2.18. The third kappa shape index (κ3) is 4.85. The number of nitrogens with one attached hydrogen (secondary N) is 1. The number of aryl methyl sites for hydroxylation is 1. The van der Waals surface area contributed by atoms with Crippen molar-refractivity contribution in [2.75, 3.05) is 5.73 Å². The van der Waals surface area contributed by atoms with E-state index >= 15 is 0 Å². The molecule has 0 saturated carbocycles. The molecule has 10 aromatic rings. The van der Waals surface area contributed by atoms with Gasteiger partial charge in [0.25, 0.3) is 0 Å². The zero-order chi connectivity index (χ0) is 35.5. The highest BCUT2D eigenvalue weighted by Crippen LogP contribution is 2.44. The van der Waals surface area contributed by atoms with Gasteiger partial charge in [-0.2, -0.15) is 0 Å². The normalized spacial score (nSPS) is 11.8. The SMILES string of the molecule is C=Cc1c(/C=C\C)sc2c1ccc1ccc3c(ccc4c3c3ccccc3n4-c3ccc(C)cc3)c12.N=c1c2ccccc2oc2cccc(N)c12. The first kappa shape index (κ1) is 31.5. The molecule has 0 saturated heterocycles. The minimum absolute atomic E-state index is 0.426. The summed E-state index contributed by atoms with van der Waals surface area (Å²) < 4.78 is 9.45. The van der Waals surface area contributed by atoms with Crippen molar-refractivity contribution in [3.63, 3.8) is 0 Å². The van der Waals surface area contributed by atoms with Crippen LogP contribution in [0, 0.1) is 12.3 Å². The lowest BCUT2D eigenvalue weighted by molar-refractivity contribution is 0.659. The first-order chi connectivity index (χ1) is 25.5. The quantitative estimate of drug-likeness (QED) is 0.110. The lowest BCUT2D eigenvalue weighted by Crippen LogP contribution is -2.05. The summed E-state index contributed by atoms with van der Waals surface area (Å²) in [6.45, 7) is 8.33. The Kier molecular flexibility index (Phi) is 7.53. The average molecular weight is 690 g/mol. The number of benzene rings is 7. The Morgan fingerprint density at radius 2 is 1.37 bits per heavy atom. The predicted octanol–water partition coefficient (Wildman–Crippen LogP) is 12.9. The fourth-order valence-electron chi connectivity index (χ4n) is 7.66. The number of para-hydroxylation sites is 2. The molecule has 3 heterocycles. The molecule has 250 valence electrons. The van der Waals surface area contributed by atoms with Crippen molar-refractivity contribution < 1.29 is 4.42 Å². The standard InChI is InChI=1S/C34H25NS.C13H10N2O/c1-4-8-31-24(5-2)27-18-14-22-13-17-26-25(32(22)34(27)36-31)19-20-30-33(26)28-9-6-7-10-29(28)35(30)23-15-11-21(3)12-16-23;14-9-5-3-7-11-12(9)13(15)8-4-1-2-6-10(8)16-11/h4-20H,2H2,1,3H3;1-7,15H,14H2/b8-4-;. The number of allylic oxidation sites excluding steroid dienone is 1. The maximum atomic E-state index is 8.13. The maximum absolute atomic E-state index is 8.13. The summed E-state index contributed by atoms with van der Waals surface area (Å²) in [5, 5.41) is 19.1.